The smallest absolute Gasteiger partial charge is 0.0715 e. The fourth-order valence-corrected chi connectivity index (χ4v) is 1.20. The van der Waals surface area contributed by atoms with Gasteiger partial charge >= 0.3 is 0 Å². The molecule has 1 rings (SSSR count). The van der Waals surface area contributed by atoms with E-state index in [0.29, 0.717) is 0 Å². The van der Waals surface area contributed by atoms with Gasteiger partial charge in [-0.3, -0.25) is 0 Å². The average molecular weight is 210 g/mol. The van der Waals surface area contributed by atoms with Crippen LogP contribution in [0.15, 0.2) is 24.3 Å². The van der Waals surface area contributed by atoms with Crippen molar-refractivity contribution in [2.24, 2.45) is 0 Å². The Bertz CT molecular complexity index is 218. The molecule has 0 aliphatic heterocycles. The maximum atomic E-state index is 5.07. The van der Waals surface area contributed by atoms with Gasteiger partial charge in [0.2, 0.25) is 0 Å². The largest absolute Gasteiger partial charge is 0.380 e. The van der Waals surface area contributed by atoms with Crippen molar-refractivity contribution >= 4 is 0 Å². The maximum absolute atomic E-state index is 5.07. The van der Waals surface area contributed by atoms with Gasteiger partial charge in [0, 0.05) is 7.11 Å². The Balaban J connectivity index is 0. The molecule has 1 aromatic carbocycles. The minimum atomic E-state index is 0.726. The molecule has 1 aromatic rings. The lowest BCUT2D eigenvalue weighted by Gasteiger charge is -2.04. The molecule has 1 heteroatoms. The van der Waals surface area contributed by atoms with E-state index in [4.69, 9.17) is 4.74 Å². The van der Waals surface area contributed by atoms with E-state index in [9.17, 15) is 0 Å². The Morgan fingerprint density at radius 1 is 0.933 bits per heavy atom. The van der Waals surface area contributed by atoms with Crippen molar-refractivity contribution in [3.05, 3.63) is 35.4 Å². The molecular formula is C14H26O. The molecule has 88 valence electrons. The molecule has 0 bridgehead atoms. The molecule has 0 heterocycles. The first-order valence-corrected chi connectivity index (χ1v) is 5.94. The van der Waals surface area contributed by atoms with Crippen LogP contribution in [0.2, 0.25) is 0 Å². The summed E-state index contributed by atoms with van der Waals surface area (Å²) in [5, 5.41) is 0. The second-order valence-electron chi connectivity index (χ2n) is 2.56. The summed E-state index contributed by atoms with van der Waals surface area (Å²) < 4.78 is 5.07. The normalized spacial score (nSPS) is 8.13. The van der Waals surface area contributed by atoms with Crippen molar-refractivity contribution in [1.82, 2.24) is 0 Å². The summed E-state index contributed by atoms with van der Waals surface area (Å²) in [5.74, 6) is 0. The lowest BCUT2D eigenvalue weighted by atomic mass is 10.1. The third-order valence-electron chi connectivity index (χ3n) is 1.80. The van der Waals surface area contributed by atoms with Crippen molar-refractivity contribution in [1.29, 1.82) is 0 Å². The number of rotatable bonds is 3. The van der Waals surface area contributed by atoms with Crippen LogP contribution < -0.4 is 0 Å². The molecule has 0 spiro atoms. The maximum Gasteiger partial charge on any atom is 0.0715 e. The minimum absolute atomic E-state index is 0.726. The van der Waals surface area contributed by atoms with Gasteiger partial charge in [0.15, 0.2) is 0 Å². The zero-order valence-electron chi connectivity index (χ0n) is 11.1. The third kappa shape index (κ3) is 7.15. The second-order valence-corrected chi connectivity index (χ2v) is 2.56. The Hall–Kier alpha value is -0.820. The molecule has 0 amide bonds. The fraction of sp³-hybridized carbons (Fsp3) is 0.571. The lowest BCUT2D eigenvalue weighted by molar-refractivity contribution is 0.184. The predicted octanol–water partition coefficient (Wildman–Crippen LogP) is 4.45. The second kappa shape index (κ2) is 13.2. The molecule has 0 saturated carbocycles. The van der Waals surface area contributed by atoms with Gasteiger partial charge < -0.3 is 4.74 Å². The highest BCUT2D eigenvalue weighted by molar-refractivity contribution is 5.26. The van der Waals surface area contributed by atoms with Gasteiger partial charge in [-0.2, -0.15) is 0 Å². The SMILES string of the molecule is CC.CC.CCc1ccccc1COC. The predicted molar refractivity (Wildman–Crippen MR) is 69.2 cm³/mol. The van der Waals surface area contributed by atoms with Crippen molar-refractivity contribution < 1.29 is 4.74 Å². The Morgan fingerprint density at radius 3 is 1.80 bits per heavy atom. The van der Waals surface area contributed by atoms with E-state index in [2.05, 4.69) is 25.1 Å². The van der Waals surface area contributed by atoms with E-state index < -0.39 is 0 Å². The van der Waals surface area contributed by atoms with Crippen molar-refractivity contribution in [3.8, 4) is 0 Å². The monoisotopic (exact) mass is 210 g/mol. The number of hydrogen-bond acceptors (Lipinski definition) is 1. The molecule has 0 radical (unpaired) electrons. The van der Waals surface area contributed by atoms with Gasteiger partial charge in [-0.1, -0.05) is 58.9 Å². The van der Waals surface area contributed by atoms with Gasteiger partial charge in [-0.25, -0.2) is 0 Å². The van der Waals surface area contributed by atoms with Gasteiger partial charge in [0.25, 0.3) is 0 Å². The summed E-state index contributed by atoms with van der Waals surface area (Å²) >= 11 is 0. The summed E-state index contributed by atoms with van der Waals surface area (Å²) in [5.41, 5.74) is 2.69. The zero-order chi connectivity index (χ0) is 12.1. The third-order valence-corrected chi connectivity index (χ3v) is 1.80. The Morgan fingerprint density at radius 2 is 1.40 bits per heavy atom. The summed E-state index contributed by atoms with van der Waals surface area (Å²) in [4.78, 5) is 0. The molecule has 0 aliphatic rings. The lowest BCUT2D eigenvalue weighted by Crippen LogP contribution is -1.93. The molecule has 0 aliphatic carbocycles. The molecule has 0 unspecified atom stereocenters. The molecule has 0 fully saturated rings. The molecule has 0 aromatic heterocycles. The standard InChI is InChI=1S/C10H14O.2C2H6/c1-3-9-6-4-5-7-10(9)8-11-2;2*1-2/h4-7H,3,8H2,1-2H3;2*1-2H3. The van der Waals surface area contributed by atoms with Gasteiger partial charge in [0.1, 0.15) is 0 Å². The van der Waals surface area contributed by atoms with Crippen LogP contribution in [0.1, 0.15) is 45.7 Å². The molecule has 0 atom stereocenters. The highest BCUT2D eigenvalue weighted by Gasteiger charge is 1.96. The van der Waals surface area contributed by atoms with Crippen LogP contribution in [0.25, 0.3) is 0 Å². The number of aryl methyl sites for hydroxylation is 1. The van der Waals surface area contributed by atoms with Crippen molar-refractivity contribution in [3.63, 3.8) is 0 Å². The van der Waals surface area contributed by atoms with E-state index >= 15 is 0 Å². The quantitative estimate of drug-likeness (QED) is 0.716. The Labute approximate surface area is 95.5 Å². The number of ether oxygens (including phenoxy) is 1. The van der Waals surface area contributed by atoms with Crippen LogP contribution in [0.4, 0.5) is 0 Å². The Kier molecular flexibility index (Phi) is 14.6. The molecular weight excluding hydrogens is 184 g/mol. The topological polar surface area (TPSA) is 9.23 Å². The van der Waals surface area contributed by atoms with Gasteiger partial charge in [0.05, 0.1) is 6.61 Å². The summed E-state index contributed by atoms with van der Waals surface area (Å²) in [6.07, 6.45) is 1.08. The molecule has 0 N–H and O–H groups in total. The number of methoxy groups -OCH3 is 1. The van der Waals surface area contributed by atoms with Gasteiger partial charge in [-0.05, 0) is 17.5 Å². The first-order valence-electron chi connectivity index (χ1n) is 5.94. The van der Waals surface area contributed by atoms with E-state index in [0.717, 1.165) is 13.0 Å². The van der Waals surface area contributed by atoms with Crippen LogP contribution in [-0.4, -0.2) is 7.11 Å². The first-order chi connectivity index (χ1) is 7.38. The summed E-state index contributed by atoms with van der Waals surface area (Å²) in [7, 11) is 1.73. The van der Waals surface area contributed by atoms with E-state index in [-0.39, 0.29) is 0 Å². The highest BCUT2D eigenvalue weighted by Crippen LogP contribution is 2.09. The average Bonchev–Trinajstić information content (AvgIpc) is 2.35. The number of benzene rings is 1. The summed E-state index contributed by atoms with van der Waals surface area (Å²) in [6, 6.07) is 8.38. The summed E-state index contributed by atoms with van der Waals surface area (Å²) in [6.45, 7) is 10.9. The number of hydrogen-bond donors (Lipinski definition) is 0. The molecule has 0 saturated heterocycles. The fourth-order valence-electron chi connectivity index (χ4n) is 1.20. The van der Waals surface area contributed by atoms with Crippen LogP contribution in [-0.2, 0) is 17.8 Å². The van der Waals surface area contributed by atoms with Crippen molar-refractivity contribution in [2.45, 2.75) is 47.6 Å². The first kappa shape index (κ1) is 16.6. The van der Waals surface area contributed by atoms with E-state index in [1.807, 2.05) is 33.8 Å². The van der Waals surface area contributed by atoms with Crippen LogP contribution in [0.5, 0.6) is 0 Å². The zero-order valence-corrected chi connectivity index (χ0v) is 11.1. The van der Waals surface area contributed by atoms with Crippen LogP contribution >= 0.6 is 0 Å². The van der Waals surface area contributed by atoms with Crippen LogP contribution in [0, 0.1) is 0 Å². The minimum Gasteiger partial charge on any atom is -0.380 e. The van der Waals surface area contributed by atoms with Crippen molar-refractivity contribution in [2.75, 3.05) is 7.11 Å². The van der Waals surface area contributed by atoms with E-state index in [1.54, 1.807) is 7.11 Å². The highest BCUT2D eigenvalue weighted by atomic mass is 16.5. The molecule has 1 nitrogen and oxygen atoms in total. The molecule has 15 heavy (non-hydrogen) atoms. The van der Waals surface area contributed by atoms with E-state index in [1.165, 1.54) is 11.1 Å². The van der Waals surface area contributed by atoms with Gasteiger partial charge in [-0.15, -0.1) is 0 Å². The van der Waals surface area contributed by atoms with Crippen LogP contribution in [0.3, 0.4) is 0 Å².